The molecule has 38 heavy (non-hydrogen) atoms. The fraction of sp³-hybridized carbons (Fsp3) is 0.419. The number of ketones is 2. The van der Waals surface area contributed by atoms with E-state index in [-0.39, 0.29) is 17.5 Å². The van der Waals surface area contributed by atoms with Crippen LogP contribution in [0.1, 0.15) is 62.0 Å². The summed E-state index contributed by atoms with van der Waals surface area (Å²) in [5.41, 5.74) is 5.75. The molecule has 0 bridgehead atoms. The Morgan fingerprint density at radius 2 is 1.58 bits per heavy atom. The van der Waals surface area contributed by atoms with E-state index in [2.05, 4.69) is 33.6 Å². The Morgan fingerprint density at radius 1 is 0.921 bits per heavy atom. The second-order valence-electron chi connectivity index (χ2n) is 10.0. The first-order chi connectivity index (χ1) is 18.5. The van der Waals surface area contributed by atoms with Crippen molar-refractivity contribution < 1.29 is 23.8 Å². The van der Waals surface area contributed by atoms with E-state index in [1.54, 1.807) is 14.2 Å². The maximum absolute atomic E-state index is 13.5. The monoisotopic (exact) mass is 627 g/mol. The minimum atomic E-state index is -0.370. The molecule has 0 N–H and O–H groups in total. The van der Waals surface area contributed by atoms with Gasteiger partial charge in [0.05, 0.1) is 10.7 Å². The lowest BCUT2D eigenvalue weighted by Gasteiger charge is -2.44. The molecule has 5 rings (SSSR count). The summed E-state index contributed by atoms with van der Waals surface area (Å²) in [6.07, 6.45) is 5.26. The lowest BCUT2D eigenvalue weighted by atomic mass is 9.71. The fourth-order valence-corrected chi connectivity index (χ4v) is 6.74. The summed E-state index contributed by atoms with van der Waals surface area (Å²) in [5, 5.41) is 0. The van der Waals surface area contributed by atoms with Crippen LogP contribution in [0.5, 0.6) is 11.5 Å². The molecule has 6 nitrogen and oxygen atoms in total. The van der Waals surface area contributed by atoms with Gasteiger partial charge >= 0.3 is 0 Å². The van der Waals surface area contributed by atoms with Gasteiger partial charge in [-0.15, -0.1) is 0 Å². The molecule has 0 spiro atoms. The summed E-state index contributed by atoms with van der Waals surface area (Å²) in [6.45, 7) is 1.83. The van der Waals surface area contributed by atoms with Crippen molar-refractivity contribution >= 4 is 34.2 Å². The van der Waals surface area contributed by atoms with Crippen molar-refractivity contribution in [2.75, 3.05) is 27.4 Å². The molecule has 0 unspecified atom stereocenters. The number of carbonyl (C=O) groups excluding carboxylic acids is 2. The number of ether oxygens (including phenoxy) is 3. The number of rotatable bonds is 9. The first-order valence-corrected chi connectivity index (χ1v) is 14.4. The molecular formula is C31H34INO5. The lowest BCUT2D eigenvalue weighted by molar-refractivity contribution is -0.117. The van der Waals surface area contributed by atoms with Gasteiger partial charge in [0.1, 0.15) is 6.61 Å². The third-order valence-electron chi connectivity index (χ3n) is 7.63. The number of Topliss-reactive ketones (excluding diaryl/α,β-unsaturated/α-hetero) is 2. The number of hydrogen-bond donors (Lipinski definition) is 0. The third kappa shape index (κ3) is 5.27. The topological polar surface area (TPSA) is 65.1 Å². The molecule has 1 aliphatic heterocycles. The Morgan fingerprint density at radius 3 is 2.18 bits per heavy atom. The first kappa shape index (κ1) is 26.9. The van der Waals surface area contributed by atoms with E-state index in [1.807, 2.05) is 36.4 Å². The highest BCUT2D eigenvalue weighted by Crippen LogP contribution is 2.50. The summed E-state index contributed by atoms with van der Waals surface area (Å²) in [6, 6.07) is 14.0. The molecule has 0 fully saturated rings. The summed E-state index contributed by atoms with van der Waals surface area (Å²) in [5.74, 6) is 1.21. The summed E-state index contributed by atoms with van der Waals surface area (Å²) >= 11 is 2.28. The molecule has 2 aromatic rings. The van der Waals surface area contributed by atoms with Crippen LogP contribution >= 0.6 is 22.6 Å². The van der Waals surface area contributed by atoms with Crippen LogP contribution in [0.3, 0.4) is 0 Å². The Labute approximate surface area is 238 Å². The molecular weight excluding hydrogens is 593 g/mol. The van der Waals surface area contributed by atoms with Crippen LogP contribution in [-0.2, 0) is 20.9 Å². The number of nitrogens with zero attached hydrogens (tertiary/aromatic N) is 1. The molecule has 0 amide bonds. The average molecular weight is 628 g/mol. The van der Waals surface area contributed by atoms with Gasteiger partial charge in [-0.1, -0.05) is 30.3 Å². The molecule has 0 saturated carbocycles. The van der Waals surface area contributed by atoms with Gasteiger partial charge in [0, 0.05) is 61.6 Å². The van der Waals surface area contributed by atoms with Gasteiger partial charge in [-0.05, 0) is 78.0 Å². The van der Waals surface area contributed by atoms with E-state index in [1.165, 1.54) is 0 Å². The normalized spacial score (nSPS) is 18.0. The van der Waals surface area contributed by atoms with Crippen molar-refractivity contribution in [2.45, 2.75) is 57.5 Å². The molecule has 3 aliphatic rings. The number of halogens is 1. The first-order valence-electron chi connectivity index (χ1n) is 13.4. The van der Waals surface area contributed by atoms with Crippen molar-refractivity contribution in [1.29, 1.82) is 0 Å². The van der Waals surface area contributed by atoms with Gasteiger partial charge in [0.15, 0.2) is 23.1 Å². The number of allylic oxidation sites excluding steroid dienone is 4. The lowest BCUT2D eigenvalue weighted by Crippen LogP contribution is -2.39. The second-order valence-corrected chi connectivity index (χ2v) is 11.2. The zero-order valence-corrected chi connectivity index (χ0v) is 24.2. The molecule has 0 saturated heterocycles. The number of methoxy groups -OCH3 is 2. The smallest absolute Gasteiger partial charge is 0.174 e. The second kappa shape index (κ2) is 12.0. The van der Waals surface area contributed by atoms with Crippen molar-refractivity contribution in [3.05, 3.63) is 79.7 Å². The van der Waals surface area contributed by atoms with Crippen LogP contribution in [-0.4, -0.2) is 43.8 Å². The van der Waals surface area contributed by atoms with Crippen LogP contribution < -0.4 is 9.47 Å². The molecule has 0 aromatic heterocycles. The molecule has 1 heterocycles. The zero-order chi connectivity index (χ0) is 26.6. The average Bonchev–Trinajstić information content (AvgIpc) is 2.93. The van der Waals surface area contributed by atoms with E-state index in [0.717, 1.165) is 75.9 Å². The quantitative estimate of drug-likeness (QED) is 0.239. The molecule has 0 atom stereocenters. The number of benzene rings is 2. The maximum Gasteiger partial charge on any atom is 0.174 e. The van der Waals surface area contributed by atoms with Crippen molar-refractivity contribution in [3.8, 4) is 11.5 Å². The zero-order valence-electron chi connectivity index (χ0n) is 22.1. The van der Waals surface area contributed by atoms with Gasteiger partial charge in [0.25, 0.3) is 0 Å². The highest BCUT2D eigenvalue weighted by molar-refractivity contribution is 14.1. The molecule has 7 heteroatoms. The minimum absolute atomic E-state index is 0.149. The fourth-order valence-electron chi connectivity index (χ4n) is 5.96. The SMILES string of the molecule is COCCCN1C2=C(C(=O)CCC2)C(c2cc(I)c(OCc3ccccc3)c(OC)c2)C2=C1CCCC2=O. The van der Waals surface area contributed by atoms with Crippen molar-refractivity contribution in [1.82, 2.24) is 4.90 Å². The Balaban J connectivity index is 1.58. The summed E-state index contributed by atoms with van der Waals surface area (Å²) < 4.78 is 18.2. The Hall–Kier alpha value is -2.65. The van der Waals surface area contributed by atoms with Crippen LogP contribution in [0.25, 0.3) is 0 Å². The molecule has 200 valence electrons. The van der Waals surface area contributed by atoms with Crippen LogP contribution in [0.2, 0.25) is 0 Å². The van der Waals surface area contributed by atoms with E-state index < -0.39 is 0 Å². The van der Waals surface area contributed by atoms with Crippen molar-refractivity contribution in [3.63, 3.8) is 0 Å². The highest BCUT2D eigenvalue weighted by atomic mass is 127. The Kier molecular flexibility index (Phi) is 8.53. The molecule has 0 radical (unpaired) electrons. The van der Waals surface area contributed by atoms with Crippen LogP contribution in [0, 0.1) is 3.57 Å². The minimum Gasteiger partial charge on any atom is -0.493 e. The van der Waals surface area contributed by atoms with Crippen molar-refractivity contribution in [2.24, 2.45) is 0 Å². The third-order valence-corrected chi connectivity index (χ3v) is 8.43. The standard InChI is InChI=1S/C31H34INO5/c1-36-16-8-15-33-23-11-6-13-25(34)29(23)28(30-24(33)12-7-14-26(30)35)21-17-22(32)31(27(18-21)37-2)38-19-20-9-4-3-5-10-20/h3-5,9-10,17-18,28H,6-8,11-16,19H2,1-2H3. The maximum atomic E-state index is 13.5. The number of hydrogen-bond acceptors (Lipinski definition) is 6. The summed E-state index contributed by atoms with van der Waals surface area (Å²) in [4.78, 5) is 29.4. The van der Waals surface area contributed by atoms with Gasteiger partial charge in [0.2, 0.25) is 0 Å². The van der Waals surface area contributed by atoms with Crippen LogP contribution in [0.15, 0.2) is 65.0 Å². The van der Waals surface area contributed by atoms with Gasteiger partial charge in [-0.25, -0.2) is 0 Å². The highest BCUT2D eigenvalue weighted by Gasteiger charge is 2.43. The predicted molar refractivity (Wildman–Crippen MR) is 154 cm³/mol. The van der Waals surface area contributed by atoms with E-state index >= 15 is 0 Å². The molecule has 2 aliphatic carbocycles. The number of carbonyl (C=O) groups is 2. The van der Waals surface area contributed by atoms with E-state index in [9.17, 15) is 9.59 Å². The van der Waals surface area contributed by atoms with E-state index in [4.69, 9.17) is 14.2 Å². The van der Waals surface area contributed by atoms with E-state index in [0.29, 0.717) is 37.6 Å². The van der Waals surface area contributed by atoms with Gasteiger partial charge in [-0.3, -0.25) is 9.59 Å². The van der Waals surface area contributed by atoms with Gasteiger partial charge < -0.3 is 19.1 Å². The van der Waals surface area contributed by atoms with Gasteiger partial charge in [-0.2, -0.15) is 0 Å². The Bertz CT molecular complexity index is 1240. The predicted octanol–water partition coefficient (Wildman–Crippen LogP) is 6.33. The van der Waals surface area contributed by atoms with Crippen LogP contribution in [0.4, 0.5) is 0 Å². The molecule has 2 aromatic carbocycles. The summed E-state index contributed by atoms with van der Waals surface area (Å²) in [7, 11) is 3.34. The largest absolute Gasteiger partial charge is 0.493 e.